The molecule has 6 rings (SSSR count). The summed E-state index contributed by atoms with van der Waals surface area (Å²) in [5.41, 5.74) is -4.46. The zero-order chi connectivity index (χ0) is 42.3. The summed E-state index contributed by atoms with van der Waals surface area (Å²) < 4.78 is 151. The summed E-state index contributed by atoms with van der Waals surface area (Å²) in [6.45, 7) is 0. The van der Waals surface area contributed by atoms with E-state index in [9.17, 15) is 57.6 Å². The molecule has 0 saturated carbocycles. The number of nitrogens with one attached hydrogen (secondary N) is 4. The largest absolute Gasteiger partial charge is 0.465 e. The minimum Gasteiger partial charge on any atom is -0.465 e. The van der Waals surface area contributed by atoms with E-state index in [0.29, 0.717) is 21.5 Å². The van der Waals surface area contributed by atoms with Crippen molar-refractivity contribution in [2.24, 2.45) is 0 Å². The van der Waals surface area contributed by atoms with Crippen LogP contribution in [0.5, 0.6) is 0 Å². The molecule has 0 saturated heterocycles. The van der Waals surface area contributed by atoms with Gasteiger partial charge in [0.1, 0.15) is 22.5 Å². The van der Waals surface area contributed by atoms with E-state index in [1.165, 1.54) is 48.5 Å². The molecule has 0 bridgehead atoms. The molecule has 0 aliphatic rings. The van der Waals surface area contributed by atoms with Crippen LogP contribution in [0.25, 0.3) is 21.5 Å². The lowest BCUT2D eigenvalue weighted by atomic mass is 10.1. The highest BCUT2D eigenvalue weighted by molar-refractivity contribution is 7.93. The van der Waals surface area contributed by atoms with Gasteiger partial charge in [-0.05, 0) is 82.2 Å². The maximum Gasteiger partial charge on any atom is 0.341 e. The Hall–Kier alpha value is -6.87. The molecule has 0 radical (unpaired) electrons. The van der Waals surface area contributed by atoms with Crippen molar-refractivity contribution >= 4 is 82.3 Å². The molecule has 0 unspecified atom stereocenters. The standard InChI is InChI=1S/C37H24F6N4O9S2/c1-55-35(48)25-15-27(38)31(42)33(29(25)40)46-57(51,52)23-9-5-17-11-21(7-3-19(17)13-23)44-37(50)45-22-8-4-20-14-24(10-6-18(20)12-22)58(53,54)47-34-30(41)26(36(49)56-2)16-28(39)32(34)43/h3-16,46-47H,1-2H3,(H2,44,45,50). The summed E-state index contributed by atoms with van der Waals surface area (Å²) in [6.07, 6.45) is 0. The van der Waals surface area contributed by atoms with Crippen molar-refractivity contribution < 1.29 is 67.0 Å². The summed E-state index contributed by atoms with van der Waals surface area (Å²) in [6, 6.07) is 15.4. The van der Waals surface area contributed by atoms with Crippen LogP contribution in [0.3, 0.4) is 0 Å². The molecule has 13 nitrogen and oxygen atoms in total. The van der Waals surface area contributed by atoms with Gasteiger partial charge in [0.15, 0.2) is 34.9 Å². The fraction of sp³-hybridized carbons (Fsp3) is 0.0541. The summed E-state index contributed by atoms with van der Waals surface area (Å²) in [5, 5.41) is 6.58. The number of benzene rings is 6. The quantitative estimate of drug-likeness (QED) is 0.0611. The number of anilines is 4. The Labute approximate surface area is 323 Å². The highest BCUT2D eigenvalue weighted by Crippen LogP contribution is 2.32. The molecule has 2 amide bonds. The fourth-order valence-electron chi connectivity index (χ4n) is 5.52. The van der Waals surface area contributed by atoms with Crippen molar-refractivity contribution in [1.29, 1.82) is 0 Å². The Morgan fingerprint density at radius 1 is 0.483 bits per heavy atom. The van der Waals surface area contributed by atoms with E-state index < -0.39 is 105 Å². The number of esters is 2. The predicted molar refractivity (Wildman–Crippen MR) is 197 cm³/mol. The van der Waals surface area contributed by atoms with E-state index in [4.69, 9.17) is 0 Å². The number of carbonyl (C=O) groups is 3. The summed E-state index contributed by atoms with van der Waals surface area (Å²) in [5.74, 6) is -13.3. The maximum absolute atomic E-state index is 14.9. The third-order valence-electron chi connectivity index (χ3n) is 8.36. The van der Waals surface area contributed by atoms with Crippen LogP contribution in [0.1, 0.15) is 20.7 Å². The van der Waals surface area contributed by atoms with Gasteiger partial charge < -0.3 is 20.1 Å². The number of fused-ring (bicyclic) bond motifs is 2. The molecule has 0 aromatic heterocycles. The SMILES string of the molecule is COC(=O)c1cc(F)c(F)c(NS(=O)(=O)c2ccc3cc(NC(=O)Nc4ccc5cc(S(=O)(=O)Nc6c(F)c(F)cc(C(=O)OC)c6F)ccc5c4)ccc3c2)c1F. The van der Waals surface area contributed by atoms with Gasteiger partial charge in [0.2, 0.25) is 0 Å². The topological polar surface area (TPSA) is 186 Å². The van der Waals surface area contributed by atoms with E-state index in [1.54, 1.807) is 9.44 Å². The van der Waals surface area contributed by atoms with Crippen LogP contribution >= 0.6 is 0 Å². The lowest BCUT2D eigenvalue weighted by molar-refractivity contribution is 0.0585. The first-order chi connectivity index (χ1) is 27.3. The van der Waals surface area contributed by atoms with Crippen LogP contribution < -0.4 is 20.1 Å². The van der Waals surface area contributed by atoms with Crippen LogP contribution in [0, 0.1) is 34.9 Å². The number of hydrogen-bond donors (Lipinski definition) is 4. The van der Waals surface area contributed by atoms with Crippen LogP contribution in [0.2, 0.25) is 0 Å². The molecule has 0 fully saturated rings. The maximum atomic E-state index is 14.9. The first-order valence-electron chi connectivity index (χ1n) is 16.1. The van der Waals surface area contributed by atoms with Crippen LogP contribution in [-0.4, -0.2) is 49.0 Å². The summed E-state index contributed by atoms with van der Waals surface area (Å²) in [4.78, 5) is 35.5. The van der Waals surface area contributed by atoms with Crippen molar-refractivity contribution in [2.45, 2.75) is 9.79 Å². The van der Waals surface area contributed by atoms with Gasteiger partial charge >= 0.3 is 18.0 Å². The zero-order valence-corrected chi connectivity index (χ0v) is 31.0. The van der Waals surface area contributed by atoms with Crippen molar-refractivity contribution in [2.75, 3.05) is 34.3 Å². The second-order valence-corrected chi connectivity index (χ2v) is 15.4. The second kappa shape index (κ2) is 15.6. The average Bonchev–Trinajstić information content (AvgIpc) is 3.19. The number of methoxy groups -OCH3 is 2. The molecule has 0 spiro atoms. The van der Waals surface area contributed by atoms with Gasteiger partial charge in [0.05, 0.1) is 24.0 Å². The van der Waals surface area contributed by atoms with Gasteiger partial charge in [0, 0.05) is 11.4 Å². The third-order valence-corrected chi connectivity index (χ3v) is 11.1. The van der Waals surface area contributed by atoms with E-state index in [-0.39, 0.29) is 23.5 Å². The van der Waals surface area contributed by atoms with Crippen molar-refractivity contribution in [3.05, 3.63) is 131 Å². The van der Waals surface area contributed by atoms with Gasteiger partial charge in [0.25, 0.3) is 20.0 Å². The first-order valence-corrected chi connectivity index (χ1v) is 19.0. The van der Waals surface area contributed by atoms with Gasteiger partial charge in [-0.2, -0.15) is 0 Å². The molecule has 0 aliphatic heterocycles. The molecule has 0 aliphatic carbocycles. The third kappa shape index (κ3) is 8.02. The first kappa shape index (κ1) is 40.8. The van der Waals surface area contributed by atoms with Crippen LogP contribution in [0.15, 0.2) is 94.7 Å². The molecule has 0 heterocycles. The number of urea groups is 1. The summed E-state index contributed by atoms with van der Waals surface area (Å²) in [7, 11) is -7.76. The van der Waals surface area contributed by atoms with E-state index >= 15 is 0 Å². The molecule has 58 heavy (non-hydrogen) atoms. The predicted octanol–water partition coefficient (Wildman–Crippen LogP) is 7.65. The Morgan fingerprint density at radius 2 is 0.828 bits per heavy atom. The van der Waals surface area contributed by atoms with Gasteiger partial charge in [-0.15, -0.1) is 0 Å². The highest BCUT2D eigenvalue weighted by atomic mass is 32.2. The number of ether oxygens (including phenoxy) is 2. The zero-order valence-electron chi connectivity index (χ0n) is 29.3. The van der Waals surface area contributed by atoms with E-state index in [1.807, 2.05) is 0 Å². The lowest BCUT2D eigenvalue weighted by Crippen LogP contribution is -2.19. The fourth-order valence-corrected chi connectivity index (χ4v) is 7.71. The molecular weight excluding hydrogens is 823 g/mol. The van der Waals surface area contributed by atoms with Gasteiger partial charge in [-0.1, -0.05) is 24.3 Å². The van der Waals surface area contributed by atoms with Crippen LogP contribution in [0.4, 0.5) is 53.9 Å². The van der Waals surface area contributed by atoms with E-state index in [2.05, 4.69) is 20.1 Å². The Bertz CT molecular complexity index is 2760. The molecule has 4 N–H and O–H groups in total. The number of carbonyl (C=O) groups excluding carboxylic acids is 3. The molecule has 300 valence electrons. The molecule has 6 aromatic rings. The van der Waals surface area contributed by atoms with Crippen LogP contribution in [-0.2, 0) is 29.5 Å². The van der Waals surface area contributed by atoms with Gasteiger partial charge in [-0.25, -0.2) is 57.6 Å². The smallest absolute Gasteiger partial charge is 0.341 e. The number of halogens is 6. The van der Waals surface area contributed by atoms with Crippen molar-refractivity contribution in [3.8, 4) is 0 Å². The highest BCUT2D eigenvalue weighted by Gasteiger charge is 2.29. The lowest BCUT2D eigenvalue weighted by Gasteiger charge is -2.14. The molecular formula is C37H24F6N4O9S2. The van der Waals surface area contributed by atoms with Gasteiger partial charge in [-0.3, -0.25) is 9.44 Å². The molecule has 6 aromatic carbocycles. The average molecular weight is 847 g/mol. The molecule has 21 heteroatoms. The summed E-state index contributed by atoms with van der Waals surface area (Å²) >= 11 is 0. The Morgan fingerprint density at radius 3 is 1.19 bits per heavy atom. The number of hydrogen-bond acceptors (Lipinski definition) is 9. The Kier molecular flexibility index (Phi) is 11.0. The molecule has 0 atom stereocenters. The monoisotopic (exact) mass is 846 g/mol. The number of rotatable bonds is 10. The number of amides is 2. The Balaban J connectivity index is 1.15. The van der Waals surface area contributed by atoms with Crippen molar-refractivity contribution in [3.63, 3.8) is 0 Å². The second-order valence-electron chi connectivity index (χ2n) is 12.0. The number of sulfonamides is 2. The minimum atomic E-state index is -4.74. The van der Waals surface area contributed by atoms with Crippen molar-refractivity contribution in [1.82, 2.24) is 0 Å². The van der Waals surface area contributed by atoms with E-state index in [0.717, 1.165) is 38.5 Å². The normalized spacial score (nSPS) is 11.6. The minimum absolute atomic E-state index is 0.228.